The van der Waals surface area contributed by atoms with Crippen LogP contribution in [0.5, 0.6) is 5.75 Å². The minimum absolute atomic E-state index is 0.144. The number of benzene rings is 1. The zero-order valence-corrected chi connectivity index (χ0v) is 16.3. The van der Waals surface area contributed by atoms with Gasteiger partial charge >= 0.3 is 5.97 Å². The Morgan fingerprint density at radius 2 is 2.00 bits per heavy atom. The standard InChI is InChI=1S/C19H22ClN3O4/c1-4-26-19(25)17-15-11-23(10-9-16(15)22(3)21-17)18(24)12(2)27-14-7-5-13(20)6-8-14/h5-8,12H,4,9-11H2,1-3H3. The first-order valence-electron chi connectivity index (χ1n) is 8.83. The maximum Gasteiger partial charge on any atom is 0.359 e. The molecule has 8 heteroatoms. The van der Waals surface area contributed by atoms with Gasteiger partial charge in [0, 0.05) is 36.3 Å². The predicted octanol–water partition coefficient (Wildman–Crippen LogP) is 2.60. The minimum atomic E-state index is -0.657. The second kappa shape index (κ2) is 8.00. The Morgan fingerprint density at radius 1 is 1.30 bits per heavy atom. The maximum absolute atomic E-state index is 12.8. The second-order valence-electron chi connectivity index (χ2n) is 6.34. The number of esters is 1. The first kappa shape index (κ1) is 19.2. The van der Waals surface area contributed by atoms with E-state index >= 15 is 0 Å². The van der Waals surface area contributed by atoms with Crippen molar-refractivity contribution < 1.29 is 19.1 Å². The molecule has 1 aliphatic rings. The van der Waals surface area contributed by atoms with E-state index in [2.05, 4.69) is 5.10 Å². The van der Waals surface area contributed by atoms with Crippen LogP contribution in [-0.2, 0) is 29.5 Å². The number of amides is 1. The molecule has 2 aromatic rings. The maximum atomic E-state index is 12.8. The molecule has 1 aliphatic heterocycles. The number of carbonyl (C=O) groups excluding carboxylic acids is 2. The Balaban J connectivity index is 1.73. The largest absolute Gasteiger partial charge is 0.481 e. The lowest BCUT2D eigenvalue weighted by atomic mass is 10.0. The van der Waals surface area contributed by atoms with Crippen LogP contribution in [0.15, 0.2) is 24.3 Å². The van der Waals surface area contributed by atoms with E-state index in [4.69, 9.17) is 21.1 Å². The molecule has 144 valence electrons. The van der Waals surface area contributed by atoms with Crippen molar-refractivity contribution >= 4 is 23.5 Å². The van der Waals surface area contributed by atoms with Crippen molar-refractivity contribution in [2.24, 2.45) is 7.05 Å². The zero-order valence-electron chi connectivity index (χ0n) is 15.6. The molecule has 1 unspecified atom stereocenters. The van der Waals surface area contributed by atoms with Crippen LogP contribution in [0.2, 0.25) is 5.02 Å². The molecule has 1 aromatic heterocycles. The summed E-state index contributed by atoms with van der Waals surface area (Å²) in [5.74, 6) is -0.0325. The molecule has 27 heavy (non-hydrogen) atoms. The quantitative estimate of drug-likeness (QED) is 0.732. The first-order valence-corrected chi connectivity index (χ1v) is 9.21. The van der Waals surface area contributed by atoms with E-state index in [1.165, 1.54) is 0 Å². The fourth-order valence-electron chi connectivity index (χ4n) is 3.17. The number of aryl methyl sites for hydroxylation is 1. The third kappa shape index (κ3) is 4.08. The summed E-state index contributed by atoms with van der Waals surface area (Å²) in [4.78, 5) is 26.7. The molecular weight excluding hydrogens is 370 g/mol. The van der Waals surface area contributed by atoms with Crippen molar-refractivity contribution in [2.45, 2.75) is 32.9 Å². The molecule has 0 saturated carbocycles. The molecule has 1 atom stereocenters. The number of rotatable bonds is 5. The van der Waals surface area contributed by atoms with Crippen molar-refractivity contribution in [2.75, 3.05) is 13.2 Å². The van der Waals surface area contributed by atoms with Crippen LogP contribution in [0.25, 0.3) is 0 Å². The lowest BCUT2D eigenvalue weighted by Crippen LogP contribution is -2.43. The van der Waals surface area contributed by atoms with Crippen molar-refractivity contribution in [1.82, 2.24) is 14.7 Å². The highest BCUT2D eigenvalue weighted by Crippen LogP contribution is 2.24. The van der Waals surface area contributed by atoms with E-state index in [9.17, 15) is 9.59 Å². The lowest BCUT2D eigenvalue weighted by Gasteiger charge is -2.29. The van der Waals surface area contributed by atoms with Gasteiger partial charge in [-0.05, 0) is 38.1 Å². The van der Waals surface area contributed by atoms with Gasteiger partial charge in [-0.15, -0.1) is 0 Å². The lowest BCUT2D eigenvalue weighted by molar-refractivity contribution is -0.138. The number of fused-ring (bicyclic) bond motifs is 1. The first-order chi connectivity index (χ1) is 12.9. The van der Waals surface area contributed by atoms with E-state index in [0.717, 1.165) is 11.3 Å². The third-order valence-corrected chi connectivity index (χ3v) is 4.75. The van der Waals surface area contributed by atoms with Crippen LogP contribution in [0, 0.1) is 0 Å². The van der Waals surface area contributed by atoms with Gasteiger partial charge in [-0.25, -0.2) is 4.79 Å². The Morgan fingerprint density at radius 3 is 2.67 bits per heavy atom. The van der Waals surface area contributed by atoms with E-state index in [0.29, 0.717) is 30.3 Å². The number of ether oxygens (including phenoxy) is 2. The second-order valence-corrected chi connectivity index (χ2v) is 6.78. The van der Waals surface area contributed by atoms with E-state index < -0.39 is 12.1 Å². The van der Waals surface area contributed by atoms with Gasteiger partial charge in [0.1, 0.15) is 5.75 Å². The Labute approximate surface area is 162 Å². The molecule has 0 saturated heterocycles. The topological polar surface area (TPSA) is 73.7 Å². The number of hydrogen-bond donors (Lipinski definition) is 0. The molecule has 0 fully saturated rings. The number of aromatic nitrogens is 2. The smallest absolute Gasteiger partial charge is 0.359 e. The van der Waals surface area contributed by atoms with Gasteiger partial charge in [-0.3, -0.25) is 9.48 Å². The summed E-state index contributed by atoms with van der Waals surface area (Å²) in [5, 5.41) is 4.89. The Hall–Kier alpha value is -2.54. The summed E-state index contributed by atoms with van der Waals surface area (Å²) in [6.45, 7) is 4.59. The molecule has 2 heterocycles. The van der Waals surface area contributed by atoms with Gasteiger partial charge in [0.05, 0.1) is 13.2 Å². The van der Waals surface area contributed by atoms with Gasteiger partial charge in [0.2, 0.25) is 0 Å². The zero-order chi connectivity index (χ0) is 19.6. The highest BCUT2D eigenvalue weighted by atomic mass is 35.5. The van der Waals surface area contributed by atoms with Crippen molar-refractivity contribution in [1.29, 1.82) is 0 Å². The summed E-state index contributed by atoms with van der Waals surface area (Å²) in [6.07, 6.45) is -0.0343. The fourth-order valence-corrected chi connectivity index (χ4v) is 3.29. The molecule has 3 rings (SSSR count). The monoisotopic (exact) mass is 391 g/mol. The highest BCUT2D eigenvalue weighted by molar-refractivity contribution is 6.30. The molecule has 0 aliphatic carbocycles. The summed E-state index contributed by atoms with van der Waals surface area (Å²) in [5.41, 5.74) is 1.97. The van der Waals surface area contributed by atoms with E-state index in [-0.39, 0.29) is 18.2 Å². The molecule has 0 N–H and O–H groups in total. The average Bonchev–Trinajstić information content (AvgIpc) is 2.99. The summed E-state index contributed by atoms with van der Waals surface area (Å²) in [6, 6.07) is 6.87. The van der Waals surface area contributed by atoms with Crippen LogP contribution in [0.4, 0.5) is 0 Å². The molecule has 7 nitrogen and oxygen atoms in total. The molecule has 1 amide bonds. The van der Waals surface area contributed by atoms with Crippen LogP contribution in [0.1, 0.15) is 35.6 Å². The summed E-state index contributed by atoms with van der Waals surface area (Å²) >= 11 is 5.87. The van der Waals surface area contributed by atoms with Gasteiger partial charge in [-0.2, -0.15) is 5.10 Å². The number of carbonyl (C=O) groups is 2. The molecule has 0 bridgehead atoms. The minimum Gasteiger partial charge on any atom is -0.481 e. The third-order valence-electron chi connectivity index (χ3n) is 4.50. The van der Waals surface area contributed by atoms with Crippen LogP contribution in [-0.4, -0.2) is 45.8 Å². The number of hydrogen-bond acceptors (Lipinski definition) is 5. The van der Waals surface area contributed by atoms with Crippen LogP contribution >= 0.6 is 11.6 Å². The molecule has 0 radical (unpaired) electrons. The SMILES string of the molecule is CCOC(=O)c1nn(C)c2c1CN(C(=O)C(C)Oc1ccc(Cl)cc1)CC2. The fraction of sp³-hybridized carbons (Fsp3) is 0.421. The Bertz CT molecular complexity index is 847. The summed E-state index contributed by atoms with van der Waals surface area (Å²) in [7, 11) is 1.80. The van der Waals surface area contributed by atoms with Gasteiger partial charge in [0.25, 0.3) is 5.91 Å². The van der Waals surface area contributed by atoms with E-state index in [1.807, 2.05) is 0 Å². The normalized spacial score (nSPS) is 14.4. The highest BCUT2D eigenvalue weighted by Gasteiger charge is 2.32. The average molecular weight is 392 g/mol. The Kier molecular flexibility index (Phi) is 5.70. The van der Waals surface area contributed by atoms with Gasteiger partial charge in [-0.1, -0.05) is 11.6 Å². The van der Waals surface area contributed by atoms with E-state index in [1.54, 1.807) is 54.7 Å². The van der Waals surface area contributed by atoms with Crippen LogP contribution in [0.3, 0.4) is 0 Å². The van der Waals surface area contributed by atoms with Crippen molar-refractivity contribution in [3.05, 3.63) is 46.2 Å². The number of halogens is 1. The van der Waals surface area contributed by atoms with Crippen LogP contribution < -0.4 is 4.74 Å². The molecular formula is C19H22ClN3O4. The van der Waals surface area contributed by atoms with Gasteiger partial charge < -0.3 is 14.4 Å². The summed E-state index contributed by atoms with van der Waals surface area (Å²) < 4.78 is 12.5. The molecule has 0 spiro atoms. The van der Waals surface area contributed by atoms with Crippen molar-refractivity contribution in [3.8, 4) is 5.75 Å². The van der Waals surface area contributed by atoms with Crippen molar-refractivity contribution in [3.63, 3.8) is 0 Å². The number of nitrogens with zero attached hydrogens (tertiary/aromatic N) is 3. The molecule has 1 aromatic carbocycles. The van der Waals surface area contributed by atoms with Gasteiger partial charge in [0.15, 0.2) is 11.8 Å². The predicted molar refractivity (Wildman–Crippen MR) is 99.8 cm³/mol.